The van der Waals surface area contributed by atoms with E-state index in [4.69, 9.17) is 4.74 Å². The first-order valence-electron chi connectivity index (χ1n) is 5.62. The smallest absolute Gasteiger partial charge is 0.256 e. The van der Waals surface area contributed by atoms with E-state index in [-0.39, 0.29) is 5.91 Å². The summed E-state index contributed by atoms with van der Waals surface area (Å²) in [7, 11) is 1.60. The summed E-state index contributed by atoms with van der Waals surface area (Å²) >= 11 is 1.63. The molecule has 0 aliphatic heterocycles. The van der Waals surface area contributed by atoms with E-state index in [0.29, 0.717) is 0 Å². The van der Waals surface area contributed by atoms with E-state index in [1.165, 1.54) is 0 Å². The van der Waals surface area contributed by atoms with Crippen LogP contribution in [0.15, 0.2) is 30.3 Å². The monoisotopic (exact) mass is 261 g/mol. The highest BCUT2D eigenvalue weighted by molar-refractivity contribution is 7.12. The predicted molar refractivity (Wildman–Crippen MR) is 74.7 cm³/mol. The summed E-state index contributed by atoms with van der Waals surface area (Å²) in [4.78, 5) is 14.3. The maximum atomic E-state index is 12.1. The predicted octanol–water partition coefficient (Wildman–Crippen LogP) is 3.63. The zero-order chi connectivity index (χ0) is 13.1. The van der Waals surface area contributed by atoms with Crippen LogP contribution >= 0.6 is 11.3 Å². The lowest BCUT2D eigenvalue weighted by Gasteiger charge is -2.06. The Labute approximate surface area is 110 Å². The van der Waals surface area contributed by atoms with Gasteiger partial charge in [0.25, 0.3) is 5.91 Å². The molecule has 0 bridgehead atoms. The third-order valence-electron chi connectivity index (χ3n) is 2.61. The van der Waals surface area contributed by atoms with Gasteiger partial charge in [0.2, 0.25) is 0 Å². The molecule has 3 nitrogen and oxygen atoms in total. The zero-order valence-electron chi connectivity index (χ0n) is 10.6. The Morgan fingerprint density at radius 3 is 2.67 bits per heavy atom. The highest BCUT2D eigenvalue weighted by atomic mass is 32.1. The minimum Gasteiger partial charge on any atom is -0.497 e. The number of ether oxygens (including phenoxy) is 1. The Morgan fingerprint density at radius 2 is 2.06 bits per heavy atom. The van der Waals surface area contributed by atoms with Gasteiger partial charge < -0.3 is 10.1 Å². The average molecular weight is 261 g/mol. The van der Waals surface area contributed by atoms with Gasteiger partial charge in [-0.15, -0.1) is 11.3 Å². The molecule has 1 amide bonds. The van der Waals surface area contributed by atoms with Crippen molar-refractivity contribution < 1.29 is 9.53 Å². The standard InChI is InChI=1S/C14H15NO2S/c1-9-7-13(10(2)18-9)14(16)15-11-5-4-6-12(8-11)17-3/h4-8H,1-3H3,(H,15,16). The molecule has 1 aromatic carbocycles. The second kappa shape index (κ2) is 5.23. The van der Waals surface area contributed by atoms with Gasteiger partial charge >= 0.3 is 0 Å². The van der Waals surface area contributed by atoms with Crippen LogP contribution in [0.3, 0.4) is 0 Å². The van der Waals surface area contributed by atoms with Gasteiger partial charge in [-0.3, -0.25) is 4.79 Å². The molecule has 1 aromatic heterocycles. The maximum absolute atomic E-state index is 12.1. The van der Waals surface area contributed by atoms with Crippen molar-refractivity contribution in [2.45, 2.75) is 13.8 Å². The van der Waals surface area contributed by atoms with Crippen LogP contribution < -0.4 is 10.1 Å². The van der Waals surface area contributed by atoms with Gasteiger partial charge in [-0.2, -0.15) is 0 Å². The van der Waals surface area contributed by atoms with Crippen LogP contribution in [0.25, 0.3) is 0 Å². The third-order valence-corrected chi connectivity index (χ3v) is 3.58. The summed E-state index contributed by atoms with van der Waals surface area (Å²) in [5.74, 6) is 0.649. The lowest BCUT2D eigenvalue weighted by Crippen LogP contribution is -2.11. The number of aryl methyl sites for hydroxylation is 2. The molecule has 94 valence electrons. The van der Waals surface area contributed by atoms with E-state index in [2.05, 4.69) is 5.32 Å². The summed E-state index contributed by atoms with van der Waals surface area (Å²) in [6.07, 6.45) is 0. The van der Waals surface area contributed by atoms with E-state index in [9.17, 15) is 4.79 Å². The van der Waals surface area contributed by atoms with Crippen LogP contribution in [0.5, 0.6) is 5.75 Å². The zero-order valence-corrected chi connectivity index (χ0v) is 11.4. The molecule has 2 aromatic rings. The fourth-order valence-corrected chi connectivity index (χ4v) is 2.68. The number of amides is 1. The van der Waals surface area contributed by atoms with Crippen molar-refractivity contribution in [3.63, 3.8) is 0 Å². The molecular weight excluding hydrogens is 246 g/mol. The molecule has 0 spiro atoms. The van der Waals surface area contributed by atoms with Gasteiger partial charge in [0.05, 0.1) is 12.7 Å². The number of benzene rings is 1. The van der Waals surface area contributed by atoms with E-state index < -0.39 is 0 Å². The minimum absolute atomic E-state index is 0.0786. The number of nitrogens with one attached hydrogen (secondary N) is 1. The Kier molecular flexibility index (Phi) is 3.67. The molecule has 1 heterocycles. The minimum atomic E-state index is -0.0786. The second-order valence-electron chi connectivity index (χ2n) is 4.01. The van der Waals surface area contributed by atoms with Gasteiger partial charge in [0.15, 0.2) is 0 Å². The number of methoxy groups -OCH3 is 1. The quantitative estimate of drug-likeness (QED) is 0.916. The largest absolute Gasteiger partial charge is 0.497 e. The van der Waals surface area contributed by atoms with E-state index >= 15 is 0 Å². The molecule has 0 aliphatic carbocycles. The lowest BCUT2D eigenvalue weighted by molar-refractivity contribution is 0.102. The number of hydrogen-bond acceptors (Lipinski definition) is 3. The SMILES string of the molecule is COc1cccc(NC(=O)c2cc(C)sc2C)c1. The van der Waals surface area contributed by atoms with Crippen molar-refractivity contribution in [2.24, 2.45) is 0 Å². The van der Waals surface area contributed by atoms with Crippen molar-refractivity contribution >= 4 is 22.9 Å². The van der Waals surface area contributed by atoms with Crippen molar-refractivity contribution in [3.05, 3.63) is 45.6 Å². The number of rotatable bonds is 3. The molecule has 0 saturated carbocycles. The van der Waals surface area contributed by atoms with Crippen LogP contribution in [0, 0.1) is 13.8 Å². The highest BCUT2D eigenvalue weighted by Crippen LogP contribution is 2.23. The van der Waals surface area contributed by atoms with Crippen molar-refractivity contribution in [1.82, 2.24) is 0 Å². The topological polar surface area (TPSA) is 38.3 Å². The summed E-state index contributed by atoms with van der Waals surface area (Å²) in [6.45, 7) is 3.96. The Bertz CT molecular complexity index is 575. The molecule has 0 unspecified atom stereocenters. The fourth-order valence-electron chi connectivity index (χ4n) is 1.76. The normalized spacial score (nSPS) is 10.2. The maximum Gasteiger partial charge on any atom is 0.256 e. The van der Waals surface area contributed by atoms with Crippen LogP contribution in [0.2, 0.25) is 0 Å². The molecule has 0 atom stereocenters. The first-order chi connectivity index (χ1) is 8.60. The highest BCUT2D eigenvalue weighted by Gasteiger charge is 2.12. The van der Waals surface area contributed by atoms with E-state index in [1.807, 2.05) is 38.1 Å². The fraction of sp³-hybridized carbons (Fsp3) is 0.214. The van der Waals surface area contributed by atoms with Crippen LogP contribution in [0.1, 0.15) is 20.1 Å². The average Bonchev–Trinajstić information content (AvgIpc) is 2.69. The van der Waals surface area contributed by atoms with Crippen LogP contribution in [-0.2, 0) is 0 Å². The molecule has 0 saturated heterocycles. The van der Waals surface area contributed by atoms with E-state index in [0.717, 1.165) is 26.8 Å². The van der Waals surface area contributed by atoms with E-state index in [1.54, 1.807) is 24.5 Å². The summed E-state index contributed by atoms with van der Waals surface area (Å²) in [6, 6.07) is 9.24. The molecule has 0 fully saturated rings. The number of carbonyl (C=O) groups excluding carboxylic acids is 1. The Morgan fingerprint density at radius 1 is 1.28 bits per heavy atom. The van der Waals surface area contributed by atoms with Crippen molar-refractivity contribution in [2.75, 3.05) is 12.4 Å². The molecule has 18 heavy (non-hydrogen) atoms. The van der Waals surface area contributed by atoms with Crippen molar-refractivity contribution in [3.8, 4) is 5.75 Å². The van der Waals surface area contributed by atoms with Crippen LogP contribution in [-0.4, -0.2) is 13.0 Å². The number of anilines is 1. The molecule has 0 aliphatic rings. The van der Waals surface area contributed by atoms with Gasteiger partial charge in [-0.25, -0.2) is 0 Å². The Balaban J connectivity index is 2.18. The molecular formula is C14H15NO2S. The summed E-state index contributed by atoms with van der Waals surface area (Å²) < 4.78 is 5.12. The van der Waals surface area contributed by atoms with Crippen molar-refractivity contribution in [1.29, 1.82) is 0 Å². The molecule has 4 heteroatoms. The van der Waals surface area contributed by atoms with Crippen LogP contribution in [0.4, 0.5) is 5.69 Å². The van der Waals surface area contributed by atoms with Gasteiger partial charge in [-0.1, -0.05) is 6.07 Å². The number of thiophene rings is 1. The third kappa shape index (κ3) is 2.71. The summed E-state index contributed by atoms with van der Waals surface area (Å²) in [5.41, 5.74) is 1.47. The number of hydrogen-bond donors (Lipinski definition) is 1. The van der Waals surface area contributed by atoms with Gasteiger partial charge in [-0.05, 0) is 32.0 Å². The first kappa shape index (κ1) is 12.6. The molecule has 2 rings (SSSR count). The van der Waals surface area contributed by atoms with Gasteiger partial charge in [0.1, 0.15) is 5.75 Å². The lowest BCUT2D eigenvalue weighted by atomic mass is 10.2. The summed E-state index contributed by atoms with van der Waals surface area (Å²) in [5, 5.41) is 2.87. The molecule has 1 N–H and O–H groups in total. The second-order valence-corrected chi connectivity index (χ2v) is 5.47. The number of carbonyl (C=O) groups is 1. The Hall–Kier alpha value is -1.81. The molecule has 0 radical (unpaired) electrons. The first-order valence-corrected chi connectivity index (χ1v) is 6.44. The van der Waals surface area contributed by atoms with Gasteiger partial charge in [0, 0.05) is 21.5 Å².